The van der Waals surface area contributed by atoms with Gasteiger partial charge in [0.1, 0.15) is 23.7 Å². The van der Waals surface area contributed by atoms with Crippen LogP contribution in [0.3, 0.4) is 0 Å². The molecule has 4 rings (SSSR count). The maximum atomic E-state index is 14.5. The number of hydrogen-bond donors (Lipinski definition) is 3. The molecule has 10 heteroatoms. The fourth-order valence-electron chi connectivity index (χ4n) is 4.36. The van der Waals surface area contributed by atoms with Gasteiger partial charge in [-0.1, -0.05) is 18.2 Å². The molecule has 2 aliphatic rings. The Morgan fingerprint density at radius 3 is 2.86 bits per heavy atom. The molecular formula is C19H23FN6O3. The van der Waals surface area contributed by atoms with Crippen molar-refractivity contribution >= 4 is 5.91 Å². The first-order chi connectivity index (χ1) is 14.0. The number of imidazole rings is 1. The van der Waals surface area contributed by atoms with Gasteiger partial charge in [-0.2, -0.15) is 0 Å². The van der Waals surface area contributed by atoms with Gasteiger partial charge in [-0.3, -0.25) is 20.3 Å². The van der Waals surface area contributed by atoms with Gasteiger partial charge in [-0.15, -0.1) is 0 Å². The highest BCUT2D eigenvalue weighted by Crippen LogP contribution is 2.32. The third-order valence-corrected chi connectivity index (χ3v) is 5.92. The van der Waals surface area contributed by atoms with E-state index in [1.165, 1.54) is 6.07 Å². The van der Waals surface area contributed by atoms with Crippen LogP contribution in [0.4, 0.5) is 4.39 Å². The van der Waals surface area contributed by atoms with Crippen LogP contribution in [0.25, 0.3) is 0 Å². The van der Waals surface area contributed by atoms with Gasteiger partial charge >= 0.3 is 0 Å². The van der Waals surface area contributed by atoms with E-state index in [1.807, 2.05) is 0 Å². The Morgan fingerprint density at radius 1 is 1.38 bits per heavy atom. The molecule has 1 aromatic carbocycles. The Morgan fingerprint density at radius 2 is 2.17 bits per heavy atom. The summed E-state index contributed by atoms with van der Waals surface area (Å²) in [6.45, 7) is 0. The Bertz CT molecular complexity index is 919. The number of fused-ring (bicyclic) bond motifs is 1. The van der Waals surface area contributed by atoms with E-state index >= 15 is 0 Å². The summed E-state index contributed by atoms with van der Waals surface area (Å²) < 4.78 is 16.2. The molecule has 1 saturated heterocycles. The van der Waals surface area contributed by atoms with E-state index in [9.17, 15) is 19.3 Å². The van der Waals surface area contributed by atoms with Crippen LogP contribution in [0.2, 0.25) is 0 Å². The smallest absolute Gasteiger partial charge is 0.239 e. The molecule has 9 nitrogen and oxygen atoms in total. The minimum absolute atomic E-state index is 0.00187. The molecule has 2 heterocycles. The van der Waals surface area contributed by atoms with Gasteiger partial charge in [0.15, 0.2) is 0 Å². The van der Waals surface area contributed by atoms with Crippen LogP contribution in [-0.4, -0.2) is 38.5 Å². The SMILES string of the molecule is Cn1ccnc1C(NC(=O)C1NNC2CCC([N+](=O)[O-])CC21)c1ccccc1F. The van der Waals surface area contributed by atoms with Gasteiger partial charge in [0.05, 0.1) is 0 Å². The van der Waals surface area contributed by atoms with E-state index in [1.54, 1.807) is 42.2 Å². The van der Waals surface area contributed by atoms with Crippen molar-refractivity contribution in [1.29, 1.82) is 0 Å². The van der Waals surface area contributed by atoms with E-state index < -0.39 is 23.9 Å². The van der Waals surface area contributed by atoms with Crippen molar-refractivity contribution in [2.75, 3.05) is 0 Å². The lowest BCUT2D eigenvalue weighted by Crippen LogP contribution is -2.48. The Kier molecular flexibility index (Phi) is 5.29. The maximum absolute atomic E-state index is 14.5. The van der Waals surface area contributed by atoms with Crippen LogP contribution in [0, 0.1) is 21.8 Å². The maximum Gasteiger partial charge on any atom is 0.239 e. The highest BCUT2D eigenvalue weighted by molar-refractivity contribution is 5.83. The summed E-state index contributed by atoms with van der Waals surface area (Å²) >= 11 is 0. The van der Waals surface area contributed by atoms with E-state index in [0.717, 1.165) is 0 Å². The average Bonchev–Trinajstić information content (AvgIpc) is 3.32. The van der Waals surface area contributed by atoms with Crippen LogP contribution in [-0.2, 0) is 11.8 Å². The Balaban J connectivity index is 1.58. The van der Waals surface area contributed by atoms with Gasteiger partial charge in [-0.05, 0) is 12.5 Å². The summed E-state index contributed by atoms with van der Waals surface area (Å²) in [7, 11) is 1.77. The van der Waals surface area contributed by atoms with Gasteiger partial charge < -0.3 is 9.88 Å². The highest BCUT2D eigenvalue weighted by atomic mass is 19.1. The largest absolute Gasteiger partial charge is 0.341 e. The van der Waals surface area contributed by atoms with Crippen molar-refractivity contribution < 1.29 is 14.1 Å². The number of carbonyl (C=O) groups is 1. The predicted molar refractivity (Wildman–Crippen MR) is 102 cm³/mol. The van der Waals surface area contributed by atoms with Crippen molar-refractivity contribution in [3.63, 3.8) is 0 Å². The van der Waals surface area contributed by atoms with Crippen LogP contribution in [0.1, 0.15) is 36.7 Å². The van der Waals surface area contributed by atoms with Crippen molar-refractivity contribution in [2.45, 2.75) is 43.4 Å². The Labute approximate surface area is 166 Å². The molecule has 1 saturated carbocycles. The molecule has 0 spiro atoms. The van der Waals surface area contributed by atoms with E-state index in [-0.39, 0.29) is 22.8 Å². The van der Waals surface area contributed by atoms with E-state index in [0.29, 0.717) is 30.7 Å². The molecule has 1 aliphatic carbocycles. The zero-order valence-electron chi connectivity index (χ0n) is 15.9. The molecule has 5 unspecified atom stereocenters. The molecule has 1 aromatic heterocycles. The van der Waals surface area contributed by atoms with Crippen LogP contribution in [0.5, 0.6) is 0 Å². The van der Waals surface area contributed by atoms with Gasteiger partial charge in [0, 0.05) is 54.7 Å². The average molecular weight is 402 g/mol. The molecule has 0 radical (unpaired) electrons. The van der Waals surface area contributed by atoms with Crippen molar-refractivity contribution in [3.8, 4) is 0 Å². The Hall–Kier alpha value is -2.85. The number of hydrazine groups is 1. The van der Waals surface area contributed by atoms with Crippen molar-refractivity contribution in [3.05, 3.63) is 64.0 Å². The number of aryl methyl sites for hydroxylation is 1. The molecule has 2 fully saturated rings. The quantitative estimate of drug-likeness (QED) is 0.509. The third-order valence-electron chi connectivity index (χ3n) is 5.92. The second kappa shape index (κ2) is 7.88. The highest BCUT2D eigenvalue weighted by Gasteiger charge is 2.47. The summed E-state index contributed by atoms with van der Waals surface area (Å²) in [6.07, 6.45) is 4.75. The number of nitrogens with zero attached hydrogens (tertiary/aromatic N) is 3. The van der Waals surface area contributed by atoms with Crippen LogP contribution < -0.4 is 16.2 Å². The number of nitro groups is 1. The lowest BCUT2D eigenvalue weighted by molar-refractivity contribution is -0.528. The first-order valence-corrected chi connectivity index (χ1v) is 9.62. The van der Waals surface area contributed by atoms with E-state index in [2.05, 4.69) is 21.2 Å². The number of hydrogen-bond acceptors (Lipinski definition) is 6. The summed E-state index contributed by atoms with van der Waals surface area (Å²) in [5, 5.41) is 14.1. The van der Waals surface area contributed by atoms with Crippen molar-refractivity contribution in [2.24, 2.45) is 13.0 Å². The normalized spacial score (nSPS) is 27.2. The monoisotopic (exact) mass is 402 g/mol. The number of halogens is 1. The molecule has 3 N–H and O–H groups in total. The van der Waals surface area contributed by atoms with Gasteiger partial charge in [-0.25, -0.2) is 14.8 Å². The summed E-state index contributed by atoms with van der Waals surface area (Å²) in [5.41, 5.74) is 6.38. The van der Waals surface area contributed by atoms with Crippen molar-refractivity contribution in [1.82, 2.24) is 25.7 Å². The second-order valence-electron chi connectivity index (χ2n) is 7.65. The molecule has 5 atom stereocenters. The number of aromatic nitrogens is 2. The number of amides is 1. The molecular weight excluding hydrogens is 379 g/mol. The second-order valence-corrected chi connectivity index (χ2v) is 7.65. The first-order valence-electron chi connectivity index (χ1n) is 9.62. The molecule has 0 bridgehead atoms. The molecule has 154 valence electrons. The molecule has 2 aromatic rings. The zero-order valence-corrected chi connectivity index (χ0v) is 15.9. The fourth-order valence-corrected chi connectivity index (χ4v) is 4.36. The predicted octanol–water partition coefficient (Wildman–Crippen LogP) is 1.06. The number of rotatable bonds is 5. The van der Waals surface area contributed by atoms with Crippen LogP contribution >= 0.6 is 0 Å². The lowest BCUT2D eigenvalue weighted by Gasteiger charge is -2.29. The molecule has 29 heavy (non-hydrogen) atoms. The van der Waals surface area contributed by atoms with Gasteiger partial charge in [0.25, 0.3) is 0 Å². The third kappa shape index (κ3) is 3.73. The summed E-state index contributed by atoms with van der Waals surface area (Å²) in [6, 6.07) is 4.18. The number of nitrogens with one attached hydrogen (secondary N) is 3. The fraction of sp³-hybridized carbons (Fsp3) is 0.474. The standard InChI is InChI=1S/C19H23FN6O3/c1-25-9-8-21-18(25)16(12-4-2-3-5-14(12)20)22-19(27)17-13-10-11(26(28)29)6-7-15(13)23-24-17/h2-5,8-9,11,13,15-17,23-24H,6-7,10H2,1H3,(H,22,27). The molecule has 1 aliphatic heterocycles. The zero-order chi connectivity index (χ0) is 20.5. The number of benzene rings is 1. The minimum Gasteiger partial charge on any atom is -0.341 e. The lowest BCUT2D eigenvalue weighted by atomic mass is 9.79. The van der Waals surface area contributed by atoms with Gasteiger partial charge in [0.2, 0.25) is 11.9 Å². The van der Waals surface area contributed by atoms with Crippen LogP contribution in [0.15, 0.2) is 36.7 Å². The van der Waals surface area contributed by atoms with E-state index in [4.69, 9.17) is 0 Å². The minimum atomic E-state index is -0.778. The number of carbonyl (C=O) groups excluding carboxylic acids is 1. The summed E-state index contributed by atoms with van der Waals surface area (Å²) in [5.74, 6) is -0.493. The summed E-state index contributed by atoms with van der Waals surface area (Å²) in [4.78, 5) is 28.4. The first kappa shape index (κ1) is 19.5. The topological polar surface area (TPSA) is 114 Å². The molecule has 1 amide bonds.